The molecule has 0 spiro atoms. The van der Waals surface area contributed by atoms with Crippen molar-refractivity contribution < 1.29 is 14.7 Å². The highest BCUT2D eigenvalue weighted by atomic mass is 16.3. The maximum Gasteiger partial charge on any atom is 0.258 e. The predicted molar refractivity (Wildman–Crippen MR) is 121 cm³/mol. The first-order valence-corrected chi connectivity index (χ1v) is 12.1. The molecule has 1 aromatic rings. The first-order valence-electron chi connectivity index (χ1n) is 12.1. The SMILES string of the molecule is C/C=C/c1ccc2n(c1=O)C[C@@H]1[C@@H](CO)[C@H](C(=O)NC3CCCC3)N(C(=O)C3CCC3)[C@H]21. The number of aromatic nitrogens is 1. The van der Waals surface area contributed by atoms with Gasteiger partial charge in [-0.15, -0.1) is 0 Å². The molecule has 7 nitrogen and oxygen atoms in total. The summed E-state index contributed by atoms with van der Waals surface area (Å²) in [6, 6.07) is 2.87. The maximum atomic E-state index is 13.6. The normalized spacial score (nSPS) is 29.9. The van der Waals surface area contributed by atoms with E-state index in [9.17, 15) is 19.5 Å². The van der Waals surface area contributed by atoms with Crippen LogP contribution >= 0.6 is 0 Å². The lowest BCUT2D eigenvalue weighted by molar-refractivity contribution is -0.147. The molecule has 0 unspecified atom stereocenters. The monoisotopic (exact) mass is 439 g/mol. The van der Waals surface area contributed by atoms with Gasteiger partial charge in [0.25, 0.3) is 5.56 Å². The van der Waals surface area contributed by atoms with Gasteiger partial charge in [0.15, 0.2) is 0 Å². The Balaban J connectivity index is 1.54. The Morgan fingerprint density at radius 2 is 1.91 bits per heavy atom. The summed E-state index contributed by atoms with van der Waals surface area (Å²) in [5, 5.41) is 13.5. The molecule has 2 saturated carbocycles. The molecule has 4 atom stereocenters. The third-order valence-corrected chi connectivity index (χ3v) is 8.13. The van der Waals surface area contributed by atoms with Crippen LogP contribution < -0.4 is 10.9 Å². The van der Waals surface area contributed by atoms with Gasteiger partial charge in [-0.25, -0.2) is 0 Å². The van der Waals surface area contributed by atoms with E-state index in [2.05, 4.69) is 5.32 Å². The van der Waals surface area contributed by atoms with Crippen molar-refractivity contribution in [3.8, 4) is 0 Å². The van der Waals surface area contributed by atoms with Crippen LogP contribution in [0.25, 0.3) is 6.08 Å². The van der Waals surface area contributed by atoms with E-state index in [0.29, 0.717) is 12.1 Å². The number of nitrogens with zero attached hydrogens (tertiary/aromatic N) is 2. The molecular weight excluding hydrogens is 406 g/mol. The van der Waals surface area contributed by atoms with Crippen molar-refractivity contribution >= 4 is 17.9 Å². The number of carbonyl (C=O) groups is 2. The minimum absolute atomic E-state index is 0.00667. The summed E-state index contributed by atoms with van der Waals surface area (Å²) in [7, 11) is 0. The first kappa shape index (κ1) is 21.4. The van der Waals surface area contributed by atoms with Gasteiger partial charge < -0.3 is 19.9 Å². The van der Waals surface area contributed by atoms with Crippen molar-refractivity contribution in [1.82, 2.24) is 14.8 Å². The second-order valence-corrected chi connectivity index (χ2v) is 9.89. The summed E-state index contributed by atoms with van der Waals surface area (Å²) < 4.78 is 1.75. The Labute approximate surface area is 188 Å². The molecule has 2 aliphatic heterocycles. The number of nitrogens with one attached hydrogen (secondary N) is 1. The van der Waals surface area contributed by atoms with Crippen molar-refractivity contribution in [3.63, 3.8) is 0 Å². The molecule has 2 amide bonds. The molecule has 2 N–H and O–H groups in total. The number of rotatable bonds is 5. The van der Waals surface area contributed by atoms with Crippen LogP contribution in [0.2, 0.25) is 0 Å². The average molecular weight is 440 g/mol. The molecule has 4 aliphatic rings. The number of pyridine rings is 1. The van der Waals surface area contributed by atoms with Gasteiger partial charge in [-0.2, -0.15) is 0 Å². The van der Waals surface area contributed by atoms with Crippen LogP contribution in [-0.2, 0) is 16.1 Å². The van der Waals surface area contributed by atoms with Gasteiger partial charge in [0.1, 0.15) is 6.04 Å². The van der Waals surface area contributed by atoms with Crippen LogP contribution in [0.1, 0.15) is 69.2 Å². The summed E-state index contributed by atoms with van der Waals surface area (Å²) in [5.41, 5.74) is 1.33. The van der Waals surface area contributed by atoms with Gasteiger partial charge >= 0.3 is 0 Å². The summed E-state index contributed by atoms with van der Waals surface area (Å²) in [6.07, 6.45) is 10.5. The Bertz CT molecular complexity index is 989. The minimum atomic E-state index is -0.678. The van der Waals surface area contributed by atoms with Gasteiger partial charge in [0.2, 0.25) is 11.8 Å². The van der Waals surface area contributed by atoms with Gasteiger partial charge in [0.05, 0.1) is 6.04 Å². The molecule has 0 radical (unpaired) electrons. The molecule has 1 aromatic heterocycles. The van der Waals surface area contributed by atoms with E-state index in [1.54, 1.807) is 15.5 Å². The highest BCUT2D eigenvalue weighted by Gasteiger charge is 2.58. The van der Waals surface area contributed by atoms with Crippen molar-refractivity contribution in [2.45, 2.75) is 76.5 Å². The van der Waals surface area contributed by atoms with Gasteiger partial charge in [-0.05, 0) is 44.7 Å². The second kappa shape index (κ2) is 8.50. The van der Waals surface area contributed by atoms with E-state index >= 15 is 0 Å². The number of likely N-dealkylation sites (tertiary alicyclic amines) is 1. The van der Waals surface area contributed by atoms with Crippen molar-refractivity contribution in [2.75, 3.05) is 6.61 Å². The number of aliphatic hydroxyl groups is 1. The van der Waals surface area contributed by atoms with Crippen LogP contribution in [0.15, 0.2) is 23.0 Å². The van der Waals surface area contributed by atoms with E-state index in [1.807, 2.05) is 25.1 Å². The van der Waals surface area contributed by atoms with Crippen LogP contribution in [0.5, 0.6) is 0 Å². The number of hydrogen-bond acceptors (Lipinski definition) is 4. The zero-order valence-corrected chi connectivity index (χ0v) is 18.7. The maximum absolute atomic E-state index is 13.6. The molecule has 1 saturated heterocycles. The number of carbonyl (C=O) groups excluding carboxylic acids is 2. The molecule has 2 aliphatic carbocycles. The zero-order valence-electron chi connectivity index (χ0n) is 18.7. The van der Waals surface area contributed by atoms with E-state index in [-0.39, 0.29) is 53.8 Å². The molecule has 32 heavy (non-hydrogen) atoms. The highest BCUT2D eigenvalue weighted by Crippen LogP contribution is 2.50. The third-order valence-electron chi connectivity index (χ3n) is 8.13. The highest BCUT2D eigenvalue weighted by molar-refractivity contribution is 5.90. The van der Waals surface area contributed by atoms with Crippen LogP contribution in [0, 0.1) is 17.8 Å². The second-order valence-electron chi connectivity index (χ2n) is 9.89. The Morgan fingerprint density at radius 3 is 2.53 bits per heavy atom. The summed E-state index contributed by atoms with van der Waals surface area (Å²) >= 11 is 0. The average Bonchev–Trinajstić information content (AvgIpc) is 3.43. The topological polar surface area (TPSA) is 91.6 Å². The lowest BCUT2D eigenvalue weighted by Crippen LogP contribution is -2.54. The number of hydrogen-bond donors (Lipinski definition) is 2. The third kappa shape index (κ3) is 3.33. The largest absolute Gasteiger partial charge is 0.396 e. The fourth-order valence-electron chi connectivity index (χ4n) is 6.28. The molecule has 0 aromatic carbocycles. The van der Waals surface area contributed by atoms with Gasteiger partial charge in [0, 0.05) is 48.2 Å². The molecule has 3 fully saturated rings. The molecule has 7 heteroatoms. The Hall–Kier alpha value is -2.41. The Kier molecular flexibility index (Phi) is 5.70. The van der Waals surface area contributed by atoms with E-state index in [0.717, 1.165) is 50.6 Å². The number of allylic oxidation sites excluding steroid dienone is 1. The molecule has 172 valence electrons. The van der Waals surface area contributed by atoms with E-state index in [4.69, 9.17) is 0 Å². The standard InChI is InChI=1S/C25H33N3O4/c1-2-6-15-11-12-20-21-18(13-27(20)24(15)31)19(14-29)22(23(30)26-17-9-3-4-10-17)28(21)25(32)16-7-5-8-16/h2,6,11-12,16-19,21-22,29H,3-5,7-10,13-14H2,1H3,(H,26,30)/b6-2+/t18-,19-,21+,22-/m1/s1. The minimum Gasteiger partial charge on any atom is -0.396 e. The fraction of sp³-hybridized carbons (Fsp3) is 0.640. The molecular formula is C25H33N3O4. The smallest absolute Gasteiger partial charge is 0.258 e. The number of amides is 2. The molecule has 5 rings (SSSR count). The van der Waals surface area contributed by atoms with E-state index in [1.165, 1.54) is 0 Å². The Morgan fingerprint density at radius 1 is 1.16 bits per heavy atom. The summed E-state index contributed by atoms with van der Waals surface area (Å²) in [5.74, 6) is -0.714. The van der Waals surface area contributed by atoms with Gasteiger partial charge in [-0.3, -0.25) is 14.4 Å². The van der Waals surface area contributed by atoms with Crippen LogP contribution in [0.4, 0.5) is 0 Å². The molecule has 0 bridgehead atoms. The fourth-order valence-corrected chi connectivity index (χ4v) is 6.28. The number of fused-ring (bicyclic) bond motifs is 3. The van der Waals surface area contributed by atoms with Crippen molar-refractivity contribution in [2.24, 2.45) is 17.8 Å². The number of aliphatic hydroxyl groups excluding tert-OH is 1. The van der Waals surface area contributed by atoms with Crippen molar-refractivity contribution in [3.05, 3.63) is 39.8 Å². The lowest BCUT2D eigenvalue weighted by atomic mass is 9.84. The summed E-state index contributed by atoms with van der Waals surface area (Å²) in [6.45, 7) is 2.13. The predicted octanol–water partition coefficient (Wildman–Crippen LogP) is 2.23. The lowest BCUT2D eigenvalue weighted by Gasteiger charge is -2.36. The first-order chi connectivity index (χ1) is 15.5. The van der Waals surface area contributed by atoms with E-state index < -0.39 is 6.04 Å². The van der Waals surface area contributed by atoms with Crippen LogP contribution in [-0.4, -0.2) is 45.1 Å². The van der Waals surface area contributed by atoms with Crippen molar-refractivity contribution in [1.29, 1.82) is 0 Å². The zero-order chi connectivity index (χ0) is 22.4. The van der Waals surface area contributed by atoms with Crippen LogP contribution in [0.3, 0.4) is 0 Å². The summed E-state index contributed by atoms with van der Waals surface area (Å²) in [4.78, 5) is 41.9. The quantitative estimate of drug-likeness (QED) is 0.736. The van der Waals surface area contributed by atoms with Gasteiger partial charge in [-0.1, -0.05) is 31.4 Å². The molecule has 3 heterocycles.